The second-order valence-electron chi connectivity index (χ2n) is 5.37. The highest BCUT2D eigenvalue weighted by Gasteiger charge is 2.36. The Hall–Kier alpha value is -0.543. The molecule has 1 aliphatic carbocycles. The van der Waals surface area contributed by atoms with Crippen molar-refractivity contribution in [2.45, 2.75) is 38.2 Å². The van der Waals surface area contributed by atoms with E-state index in [1.807, 2.05) is 0 Å². The van der Waals surface area contributed by atoms with Crippen LogP contribution >= 0.6 is 11.2 Å². The quantitative estimate of drug-likeness (QED) is 0.723. The summed E-state index contributed by atoms with van der Waals surface area (Å²) in [5.74, 6) is 0. The Labute approximate surface area is 103 Å². The molecule has 1 unspecified atom stereocenters. The first-order chi connectivity index (χ1) is 7.44. The Kier molecular flexibility index (Phi) is 3.26. The van der Waals surface area contributed by atoms with E-state index in [1.54, 1.807) is 0 Å². The minimum atomic E-state index is -0.992. The molecule has 3 heteroatoms. The van der Waals surface area contributed by atoms with Crippen LogP contribution in [0.2, 0.25) is 19.6 Å². The average molecular weight is 249 g/mol. The van der Waals surface area contributed by atoms with Crippen molar-refractivity contribution in [3.8, 4) is 0 Å². The van der Waals surface area contributed by atoms with Crippen molar-refractivity contribution in [3.63, 3.8) is 0 Å². The molecule has 0 heterocycles. The van der Waals surface area contributed by atoms with E-state index in [2.05, 4.69) is 62.0 Å². The molecule has 1 nitrogen and oxygen atoms in total. The van der Waals surface area contributed by atoms with Gasteiger partial charge >= 0.3 is 0 Å². The zero-order valence-electron chi connectivity index (χ0n) is 10.4. The van der Waals surface area contributed by atoms with Crippen LogP contribution in [0.4, 0.5) is 5.69 Å². The van der Waals surface area contributed by atoms with E-state index >= 15 is 0 Å². The molecule has 0 spiro atoms. The molecule has 0 aliphatic heterocycles. The summed E-state index contributed by atoms with van der Waals surface area (Å²) in [6, 6.07) is 8.44. The van der Waals surface area contributed by atoms with E-state index in [1.165, 1.54) is 17.7 Å². The molecule has 1 aliphatic rings. The summed E-state index contributed by atoms with van der Waals surface area (Å²) < 4.78 is 0. The molecule has 0 radical (unpaired) electrons. The van der Waals surface area contributed by atoms with Crippen molar-refractivity contribution < 1.29 is 0 Å². The third kappa shape index (κ3) is 3.49. The van der Waals surface area contributed by atoms with Crippen molar-refractivity contribution in [1.29, 1.82) is 0 Å². The lowest BCUT2D eigenvalue weighted by atomic mass is 10.2. The first-order valence-electron chi connectivity index (χ1n) is 5.76. The number of hydrogen-bond acceptors (Lipinski definition) is 2. The van der Waals surface area contributed by atoms with Gasteiger partial charge in [0, 0.05) is 17.4 Å². The van der Waals surface area contributed by atoms with Gasteiger partial charge in [-0.3, -0.25) is 4.99 Å². The average Bonchev–Trinajstić information content (AvgIpc) is 2.80. The van der Waals surface area contributed by atoms with Crippen molar-refractivity contribution in [3.05, 3.63) is 29.8 Å². The number of hydrogen-bond donors (Lipinski definition) is 0. The molecule has 0 saturated heterocycles. The van der Waals surface area contributed by atoms with Gasteiger partial charge in [0.05, 0.1) is 5.69 Å². The molecule has 0 bridgehead atoms. The maximum atomic E-state index is 4.72. The van der Waals surface area contributed by atoms with Gasteiger partial charge in [-0.15, -0.1) is 0 Å². The Morgan fingerprint density at radius 3 is 2.69 bits per heavy atom. The lowest BCUT2D eigenvalue weighted by Crippen LogP contribution is -2.15. The SMILES string of the molecule is Cc1cccc(/N=C2\CC2S[Si](C)(C)C)c1. The molecule has 1 aromatic rings. The van der Waals surface area contributed by atoms with Crippen LogP contribution < -0.4 is 0 Å². The monoisotopic (exact) mass is 249 g/mol. The maximum absolute atomic E-state index is 4.72. The predicted molar refractivity (Wildman–Crippen MR) is 77.6 cm³/mol. The van der Waals surface area contributed by atoms with Crippen molar-refractivity contribution in [2.75, 3.05) is 0 Å². The fourth-order valence-electron chi connectivity index (χ4n) is 1.65. The summed E-state index contributed by atoms with van der Waals surface area (Å²) in [7, 11) is -0.992. The number of benzene rings is 1. The predicted octanol–water partition coefficient (Wildman–Crippen LogP) is 4.41. The van der Waals surface area contributed by atoms with Gasteiger partial charge in [-0.2, -0.15) is 11.2 Å². The van der Waals surface area contributed by atoms with E-state index in [0.29, 0.717) is 5.25 Å². The van der Waals surface area contributed by atoms with Gasteiger partial charge in [-0.1, -0.05) is 31.8 Å². The molecule has 0 N–H and O–H groups in total. The zero-order valence-corrected chi connectivity index (χ0v) is 12.3. The van der Waals surface area contributed by atoms with Gasteiger partial charge < -0.3 is 0 Å². The zero-order chi connectivity index (χ0) is 11.8. The van der Waals surface area contributed by atoms with Crippen molar-refractivity contribution in [1.82, 2.24) is 0 Å². The third-order valence-electron chi connectivity index (χ3n) is 2.38. The molecule has 16 heavy (non-hydrogen) atoms. The van der Waals surface area contributed by atoms with Crippen LogP contribution in [0.1, 0.15) is 12.0 Å². The third-order valence-corrected chi connectivity index (χ3v) is 6.78. The number of aryl methyl sites for hydroxylation is 1. The van der Waals surface area contributed by atoms with Crippen LogP contribution in [-0.4, -0.2) is 18.2 Å². The van der Waals surface area contributed by atoms with Gasteiger partial charge in [0.25, 0.3) is 0 Å². The van der Waals surface area contributed by atoms with Crippen molar-refractivity contribution >= 4 is 29.8 Å². The van der Waals surface area contributed by atoms with Gasteiger partial charge in [0.1, 0.15) is 7.22 Å². The molecule has 0 aromatic heterocycles. The molecule has 1 atom stereocenters. The van der Waals surface area contributed by atoms with Gasteiger partial charge in [0.15, 0.2) is 0 Å². The van der Waals surface area contributed by atoms with E-state index in [9.17, 15) is 0 Å². The van der Waals surface area contributed by atoms with E-state index < -0.39 is 7.22 Å². The molecular weight excluding hydrogens is 230 g/mol. The van der Waals surface area contributed by atoms with Crippen LogP contribution in [0, 0.1) is 6.92 Å². The molecule has 2 rings (SSSR count). The normalized spacial score (nSPS) is 22.5. The molecule has 1 saturated carbocycles. The first kappa shape index (κ1) is 11.9. The fraction of sp³-hybridized carbons (Fsp3) is 0.462. The second kappa shape index (κ2) is 4.38. The smallest absolute Gasteiger partial charge is 0.109 e. The van der Waals surface area contributed by atoms with Crippen LogP contribution in [-0.2, 0) is 0 Å². The number of aliphatic imine (C=N–C) groups is 1. The number of rotatable bonds is 3. The van der Waals surface area contributed by atoms with Crippen LogP contribution in [0.3, 0.4) is 0 Å². The lowest BCUT2D eigenvalue weighted by Gasteiger charge is -2.13. The summed E-state index contributed by atoms with van der Waals surface area (Å²) in [6.07, 6.45) is 1.20. The summed E-state index contributed by atoms with van der Waals surface area (Å²) >= 11 is 2.16. The van der Waals surface area contributed by atoms with E-state index in [-0.39, 0.29) is 0 Å². The largest absolute Gasteiger partial charge is 0.257 e. The summed E-state index contributed by atoms with van der Waals surface area (Å²) in [6.45, 7) is 9.33. The molecule has 1 fully saturated rings. The summed E-state index contributed by atoms with van der Waals surface area (Å²) in [5.41, 5.74) is 3.80. The Morgan fingerprint density at radius 1 is 1.31 bits per heavy atom. The number of nitrogens with zero attached hydrogens (tertiary/aromatic N) is 1. The van der Waals surface area contributed by atoms with Gasteiger partial charge in [0.2, 0.25) is 0 Å². The van der Waals surface area contributed by atoms with Crippen LogP contribution in [0.15, 0.2) is 29.3 Å². The minimum absolute atomic E-state index is 0.715. The standard InChI is InChI=1S/C13H19NSSi/c1-10-6-5-7-11(8-10)14-12-9-13(12)15-16(2,3)4/h5-8,13H,9H2,1-4H3/b14-12+. The van der Waals surface area contributed by atoms with Crippen LogP contribution in [0.25, 0.3) is 0 Å². The second-order valence-corrected chi connectivity index (χ2v) is 14.8. The molecule has 86 valence electrons. The highest BCUT2D eigenvalue weighted by molar-refractivity contribution is 8.29. The molecule has 0 amide bonds. The van der Waals surface area contributed by atoms with E-state index in [0.717, 1.165) is 5.69 Å². The Balaban J connectivity index is 2.01. The lowest BCUT2D eigenvalue weighted by molar-refractivity contribution is 1.43. The molecular formula is C13H19NSSi. The summed E-state index contributed by atoms with van der Waals surface area (Å²) in [5, 5.41) is 0.715. The fourth-order valence-corrected chi connectivity index (χ4v) is 6.16. The highest BCUT2D eigenvalue weighted by Crippen LogP contribution is 2.39. The van der Waals surface area contributed by atoms with E-state index in [4.69, 9.17) is 4.99 Å². The maximum Gasteiger partial charge on any atom is 0.109 e. The minimum Gasteiger partial charge on any atom is -0.257 e. The van der Waals surface area contributed by atoms with Crippen LogP contribution in [0.5, 0.6) is 0 Å². The Bertz CT molecular complexity index is 420. The molecule has 1 aromatic carbocycles. The summed E-state index contributed by atoms with van der Waals surface area (Å²) in [4.78, 5) is 4.72. The topological polar surface area (TPSA) is 12.4 Å². The van der Waals surface area contributed by atoms with Gasteiger partial charge in [-0.25, -0.2) is 0 Å². The highest BCUT2D eigenvalue weighted by atomic mass is 32.4. The Morgan fingerprint density at radius 2 is 2.06 bits per heavy atom. The van der Waals surface area contributed by atoms with Crippen molar-refractivity contribution in [2.24, 2.45) is 4.99 Å². The van der Waals surface area contributed by atoms with Gasteiger partial charge in [-0.05, 0) is 24.6 Å². The first-order valence-corrected chi connectivity index (χ1v) is 10.9.